The molecule has 2 N–H and O–H groups in total. The highest BCUT2D eigenvalue weighted by atomic mass is 16.3. The van der Waals surface area contributed by atoms with Gasteiger partial charge in [-0.3, -0.25) is 4.79 Å². The van der Waals surface area contributed by atoms with Crippen LogP contribution in [-0.2, 0) is 0 Å². The molecule has 0 bridgehead atoms. The smallest absolute Gasteiger partial charge is 0.165 e. The van der Waals surface area contributed by atoms with Crippen molar-refractivity contribution in [3.8, 4) is 11.5 Å². The number of carbonyl (C=O) groups excluding carboxylic acids is 1. The fraction of sp³-hybridized carbons (Fsp3) is 0. The van der Waals surface area contributed by atoms with Gasteiger partial charge in [-0.05, 0) is 12.1 Å². The second-order valence-corrected chi connectivity index (χ2v) is 1.78. The van der Waals surface area contributed by atoms with Crippen LogP contribution in [0.15, 0.2) is 12.1 Å². The number of hydrogen-bond donors (Lipinski definition) is 2. The van der Waals surface area contributed by atoms with E-state index in [4.69, 9.17) is 10.2 Å². The molecule has 0 spiro atoms. The standard InChI is InChI=1S/C7H5O3/c8-4-5-1-2-6(9)7(10)3-5/h1,3-4,9-10H. The topological polar surface area (TPSA) is 57.5 Å². The number of benzene rings is 1. The molecule has 1 aromatic carbocycles. The average molecular weight is 137 g/mol. The SMILES string of the molecule is O=Cc1c[c]c(O)c(O)c1. The molecule has 0 aliphatic carbocycles. The molecular formula is C7H5O3. The first-order valence-corrected chi connectivity index (χ1v) is 2.63. The van der Waals surface area contributed by atoms with Gasteiger partial charge in [0.1, 0.15) is 6.29 Å². The maximum Gasteiger partial charge on any atom is 0.165 e. The predicted molar refractivity (Wildman–Crippen MR) is 34.0 cm³/mol. The third-order valence-electron chi connectivity index (χ3n) is 1.06. The van der Waals surface area contributed by atoms with Crippen LogP contribution in [0, 0.1) is 6.07 Å². The molecule has 1 aromatic rings. The Morgan fingerprint density at radius 2 is 2.20 bits per heavy atom. The minimum absolute atomic E-state index is 0.287. The number of aromatic hydroxyl groups is 2. The first kappa shape index (κ1) is 6.61. The summed E-state index contributed by atoms with van der Waals surface area (Å²) in [4.78, 5) is 10.1. The van der Waals surface area contributed by atoms with E-state index in [1.54, 1.807) is 0 Å². The van der Waals surface area contributed by atoms with E-state index in [0.717, 1.165) is 0 Å². The van der Waals surface area contributed by atoms with Crippen molar-refractivity contribution in [2.45, 2.75) is 0 Å². The van der Waals surface area contributed by atoms with Crippen LogP contribution in [0.25, 0.3) is 0 Å². The molecule has 0 aliphatic rings. The van der Waals surface area contributed by atoms with Gasteiger partial charge in [0.05, 0.1) is 0 Å². The van der Waals surface area contributed by atoms with Gasteiger partial charge in [-0.1, -0.05) is 0 Å². The van der Waals surface area contributed by atoms with Crippen molar-refractivity contribution in [1.29, 1.82) is 0 Å². The Hall–Kier alpha value is -1.51. The second kappa shape index (κ2) is 2.39. The van der Waals surface area contributed by atoms with E-state index >= 15 is 0 Å². The summed E-state index contributed by atoms with van der Waals surface area (Å²) in [7, 11) is 0. The lowest BCUT2D eigenvalue weighted by atomic mass is 10.2. The van der Waals surface area contributed by atoms with Crippen molar-refractivity contribution < 1.29 is 15.0 Å². The lowest BCUT2D eigenvalue weighted by molar-refractivity contribution is 0.112. The van der Waals surface area contributed by atoms with Gasteiger partial charge in [-0.2, -0.15) is 0 Å². The molecule has 0 heterocycles. The summed E-state index contributed by atoms with van der Waals surface area (Å²) in [6.07, 6.45) is 0.565. The predicted octanol–water partition coefficient (Wildman–Crippen LogP) is 0.710. The fourth-order valence-electron chi connectivity index (χ4n) is 0.562. The lowest BCUT2D eigenvalue weighted by Gasteiger charge is -1.94. The molecule has 0 aromatic heterocycles. The second-order valence-electron chi connectivity index (χ2n) is 1.78. The molecule has 0 unspecified atom stereocenters. The maximum absolute atomic E-state index is 10.1. The first-order chi connectivity index (χ1) is 4.74. The molecule has 0 saturated carbocycles. The molecule has 3 nitrogen and oxygen atoms in total. The first-order valence-electron chi connectivity index (χ1n) is 2.63. The zero-order chi connectivity index (χ0) is 7.56. The minimum atomic E-state index is -0.342. The van der Waals surface area contributed by atoms with E-state index in [0.29, 0.717) is 6.29 Å². The molecule has 0 amide bonds. The number of phenolic OH excluding ortho intramolecular Hbond substituents is 2. The molecule has 0 aliphatic heterocycles. The Balaban J connectivity index is 3.16. The largest absolute Gasteiger partial charge is 0.504 e. The van der Waals surface area contributed by atoms with Crippen LogP contribution in [0.1, 0.15) is 10.4 Å². The third kappa shape index (κ3) is 1.07. The zero-order valence-electron chi connectivity index (χ0n) is 5.03. The maximum atomic E-state index is 10.1. The van der Waals surface area contributed by atoms with Gasteiger partial charge in [0.15, 0.2) is 11.5 Å². The summed E-state index contributed by atoms with van der Waals surface area (Å²) >= 11 is 0. The van der Waals surface area contributed by atoms with Crippen LogP contribution in [-0.4, -0.2) is 16.5 Å². The lowest BCUT2D eigenvalue weighted by Crippen LogP contribution is -1.77. The molecule has 0 fully saturated rings. The van der Waals surface area contributed by atoms with Crippen molar-refractivity contribution in [3.63, 3.8) is 0 Å². The van der Waals surface area contributed by atoms with Gasteiger partial charge in [-0.25, -0.2) is 0 Å². The summed E-state index contributed by atoms with van der Waals surface area (Å²) in [5.41, 5.74) is 0.287. The monoisotopic (exact) mass is 137 g/mol. The molecule has 0 saturated heterocycles. The van der Waals surface area contributed by atoms with Crippen LogP contribution in [0.3, 0.4) is 0 Å². The van der Waals surface area contributed by atoms with Crippen molar-refractivity contribution in [3.05, 3.63) is 23.8 Å². The van der Waals surface area contributed by atoms with Crippen molar-refractivity contribution >= 4 is 6.29 Å². The van der Waals surface area contributed by atoms with E-state index in [-0.39, 0.29) is 17.1 Å². The van der Waals surface area contributed by atoms with Crippen LogP contribution < -0.4 is 0 Å². The summed E-state index contributed by atoms with van der Waals surface area (Å²) < 4.78 is 0. The molecule has 0 atom stereocenters. The molecular weight excluding hydrogens is 132 g/mol. The number of hydrogen-bond acceptors (Lipinski definition) is 3. The van der Waals surface area contributed by atoms with E-state index < -0.39 is 0 Å². The molecule has 3 heteroatoms. The highest BCUT2D eigenvalue weighted by molar-refractivity contribution is 5.76. The van der Waals surface area contributed by atoms with Gasteiger partial charge in [0, 0.05) is 11.6 Å². The van der Waals surface area contributed by atoms with Gasteiger partial charge >= 0.3 is 0 Å². The number of phenols is 2. The van der Waals surface area contributed by atoms with E-state index in [1.807, 2.05) is 0 Å². The quantitative estimate of drug-likeness (QED) is 0.442. The fourth-order valence-corrected chi connectivity index (χ4v) is 0.562. The van der Waals surface area contributed by atoms with Gasteiger partial charge < -0.3 is 10.2 Å². The Bertz CT molecular complexity index is 255. The Kier molecular flexibility index (Phi) is 1.58. The van der Waals surface area contributed by atoms with Crippen molar-refractivity contribution in [2.75, 3.05) is 0 Å². The molecule has 10 heavy (non-hydrogen) atoms. The van der Waals surface area contributed by atoms with Crippen LogP contribution >= 0.6 is 0 Å². The van der Waals surface area contributed by atoms with Gasteiger partial charge in [-0.15, -0.1) is 0 Å². The molecule has 1 radical (unpaired) electrons. The van der Waals surface area contributed by atoms with Crippen molar-refractivity contribution in [2.24, 2.45) is 0 Å². The zero-order valence-corrected chi connectivity index (χ0v) is 5.03. The Morgan fingerprint density at radius 1 is 1.50 bits per heavy atom. The van der Waals surface area contributed by atoms with Gasteiger partial charge in [0.25, 0.3) is 0 Å². The number of rotatable bonds is 1. The average Bonchev–Trinajstić information content (AvgIpc) is 1.95. The van der Waals surface area contributed by atoms with Gasteiger partial charge in [0.2, 0.25) is 0 Å². The van der Waals surface area contributed by atoms with E-state index in [1.165, 1.54) is 12.1 Å². The number of carbonyl (C=O) groups is 1. The molecule has 1 rings (SSSR count). The highest BCUT2D eigenvalue weighted by Gasteiger charge is 1.98. The summed E-state index contributed by atoms with van der Waals surface area (Å²) in [5, 5.41) is 17.5. The summed E-state index contributed by atoms with van der Waals surface area (Å²) in [6, 6.07) is 4.75. The summed E-state index contributed by atoms with van der Waals surface area (Å²) in [6.45, 7) is 0. The van der Waals surface area contributed by atoms with E-state index in [9.17, 15) is 4.79 Å². The Labute approximate surface area is 57.5 Å². The van der Waals surface area contributed by atoms with Crippen molar-refractivity contribution in [1.82, 2.24) is 0 Å². The Morgan fingerprint density at radius 3 is 2.70 bits per heavy atom. The van der Waals surface area contributed by atoms with Crippen LogP contribution in [0.2, 0.25) is 0 Å². The van der Waals surface area contributed by atoms with E-state index in [2.05, 4.69) is 6.07 Å². The normalized spacial score (nSPS) is 9.20. The molecule has 51 valence electrons. The highest BCUT2D eigenvalue weighted by Crippen LogP contribution is 2.23. The van der Waals surface area contributed by atoms with Crippen LogP contribution in [0.4, 0.5) is 0 Å². The minimum Gasteiger partial charge on any atom is -0.504 e. The number of aldehydes is 1. The summed E-state index contributed by atoms with van der Waals surface area (Å²) in [5.74, 6) is -0.671. The van der Waals surface area contributed by atoms with Crippen LogP contribution in [0.5, 0.6) is 11.5 Å². The third-order valence-corrected chi connectivity index (χ3v) is 1.06.